The van der Waals surface area contributed by atoms with Crippen LogP contribution in [0.5, 0.6) is 5.75 Å². The number of nitrogens with zero attached hydrogens (tertiary/aromatic N) is 1. The molecule has 0 radical (unpaired) electrons. The van der Waals surface area contributed by atoms with E-state index in [-0.39, 0.29) is 29.3 Å². The van der Waals surface area contributed by atoms with E-state index in [1.807, 2.05) is 0 Å². The maximum absolute atomic E-state index is 12.2. The number of carbonyl (C=O) groups excluding carboxylic acids is 1. The van der Waals surface area contributed by atoms with Crippen molar-refractivity contribution in [2.75, 3.05) is 6.54 Å². The molecule has 2 amide bonds. The monoisotopic (exact) mass is 421 g/mol. The molecule has 1 aromatic carbocycles. The molecule has 3 N–H and O–H groups in total. The molecule has 2 rings (SSSR count). The lowest BCUT2D eigenvalue weighted by Gasteiger charge is -2.43. The molecule has 0 saturated heterocycles. The first-order chi connectivity index (χ1) is 14.1. The normalized spacial score (nSPS) is 16.9. The van der Waals surface area contributed by atoms with Gasteiger partial charge in [0.25, 0.3) is 5.69 Å². The average molecular weight is 421 g/mol. The zero-order valence-electron chi connectivity index (χ0n) is 17.7. The molecular weight excluding hydrogens is 390 g/mol. The van der Waals surface area contributed by atoms with E-state index in [1.165, 1.54) is 30.7 Å². The Labute approximate surface area is 176 Å². The van der Waals surface area contributed by atoms with Gasteiger partial charge in [0, 0.05) is 18.7 Å². The number of nitro groups is 1. The molecule has 0 heterocycles. The van der Waals surface area contributed by atoms with Crippen molar-refractivity contribution in [3.8, 4) is 5.75 Å². The van der Waals surface area contributed by atoms with Crippen molar-refractivity contribution in [1.82, 2.24) is 10.6 Å². The second kappa shape index (κ2) is 10.3. The number of amides is 2. The summed E-state index contributed by atoms with van der Waals surface area (Å²) in [6.45, 7) is 6.38. The lowest BCUT2D eigenvalue weighted by molar-refractivity contribution is -0.384. The molecule has 0 aromatic heterocycles. The van der Waals surface area contributed by atoms with Crippen molar-refractivity contribution in [3.05, 3.63) is 34.4 Å². The standard InChI is InChI=1S/C21H31N3O6/c1-21(2,3)18(14-7-5-4-6-8-14)17(23-19(25)26)13-22-20(27)30-16-11-9-15(10-12-16)24(28)29/h9-12,14,17-18,23H,4-8,13H2,1-3H3,(H,22,27)(H,25,26)/t17?,18-/m1/s1. The largest absolute Gasteiger partial charge is 0.465 e. The van der Waals surface area contributed by atoms with E-state index in [0.717, 1.165) is 25.7 Å². The number of rotatable bonds is 7. The average Bonchev–Trinajstić information content (AvgIpc) is 2.66. The van der Waals surface area contributed by atoms with Crippen LogP contribution in [0.25, 0.3) is 0 Å². The summed E-state index contributed by atoms with van der Waals surface area (Å²) in [6.07, 6.45) is 3.69. The Balaban J connectivity index is 2.05. The minimum Gasteiger partial charge on any atom is -0.465 e. The second-order valence-corrected chi connectivity index (χ2v) is 8.87. The third-order valence-electron chi connectivity index (χ3n) is 5.62. The number of hydrogen-bond acceptors (Lipinski definition) is 5. The van der Waals surface area contributed by atoms with Gasteiger partial charge in [-0.15, -0.1) is 0 Å². The van der Waals surface area contributed by atoms with E-state index in [9.17, 15) is 24.8 Å². The number of hydrogen-bond donors (Lipinski definition) is 3. The second-order valence-electron chi connectivity index (χ2n) is 8.87. The summed E-state index contributed by atoms with van der Waals surface area (Å²) < 4.78 is 5.17. The van der Waals surface area contributed by atoms with E-state index in [2.05, 4.69) is 31.4 Å². The molecule has 166 valence electrons. The summed E-state index contributed by atoms with van der Waals surface area (Å²) in [5.41, 5.74) is -0.256. The van der Waals surface area contributed by atoms with Gasteiger partial charge in [-0.2, -0.15) is 0 Å². The predicted octanol–water partition coefficient (Wildman–Crippen LogP) is 4.56. The van der Waals surface area contributed by atoms with Crippen molar-refractivity contribution >= 4 is 17.9 Å². The van der Waals surface area contributed by atoms with E-state index in [4.69, 9.17) is 4.74 Å². The molecular formula is C21H31N3O6. The van der Waals surface area contributed by atoms with Crippen LogP contribution in [0.15, 0.2) is 24.3 Å². The Bertz CT molecular complexity index is 738. The molecule has 9 heteroatoms. The Kier molecular flexibility index (Phi) is 8.02. The van der Waals surface area contributed by atoms with Crippen molar-refractivity contribution in [2.24, 2.45) is 17.3 Å². The van der Waals surface area contributed by atoms with Gasteiger partial charge in [-0.05, 0) is 29.4 Å². The highest BCUT2D eigenvalue weighted by molar-refractivity contribution is 5.70. The van der Waals surface area contributed by atoms with Gasteiger partial charge in [0.15, 0.2) is 0 Å². The van der Waals surface area contributed by atoms with Crippen molar-refractivity contribution in [3.63, 3.8) is 0 Å². The first kappa shape index (κ1) is 23.4. The molecule has 0 aliphatic heterocycles. The topological polar surface area (TPSA) is 131 Å². The van der Waals surface area contributed by atoms with Crippen LogP contribution in [-0.4, -0.2) is 34.8 Å². The summed E-state index contributed by atoms with van der Waals surface area (Å²) in [6, 6.07) is 4.71. The molecule has 1 fully saturated rings. The van der Waals surface area contributed by atoms with Gasteiger partial charge in [-0.25, -0.2) is 9.59 Å². The molecule has 1 aliphatic rings. The highest BCUT2D eigenvalue weighted by atomic mass is 16.6. The van der Waals surface area contributed by atoms with Gasteiger partial charge >= 0.3 is 12.2 Å². The molecule has 2 atom stereocenters. The van der Waals surface area contributed by atoms with Gasteiger partial charge < -0.3 is 20.5 Å². The van der Waals surface area contributed by atoms with E-state index in [0.29, 0.717) is 5.92 Å². The van der Waals surface area contributed by atoms with Crippen LogP contribution in [0.3, 0.4) is 0 Å². The molecule has 30 heavy (non-hydrogen) atoms. The van der Waals surface area contributed by atoms with Crippen LogP contribution in [0.1, 0.15) is 52.9 Å². The molecule has 1 unspecified atom stereocenters. The molecule has 1 aliphatic carbocycles. The van der Waals surface area contributed by atoms with Gasteiger partial charge in [0.2, 0.25) is 0 Å². The van der Waals surface area contributed by atoms with Gasteiger partial charge in [-0.1, -0.05) is 52.9 Å². The summed E-state index contributed by atoms with van der Waals surface area (Å²) in [7, 11) is 0. The first-order valence-electron chi connectivity index (χ1n) is 10.3. The van der Waals surface area contributed by atoms with Crippen LogP contribution in [0, 0.1) is 27.4 Å². The number of benzene rings is 1. The highest BCUT2D eigenvalue weighted by Crippen LogP contribution is 2.41. The Morgan fingerprint density at radius 3 is 2.30 bits per heavy atom. The number of nitro benzene ring substituents is 1. The van der Waals surface area contributed by atoms with E-state index < -0.39 is 23.2 Å². The zero-order chi connectivity index (χ0) is 22.3. The summed E-state index contributed by atoms with van der Waals surface area (Å²) in [5, 5.41) is 25.3. The lowest BCUT2D eigenvalue weighted by atomic mass is 9.65. The number of non-ortho nitro benzene ring substituents is 1. The number of carboxylic acid groups (broad SMARTS) is 1. The van der Waals surface area contributed by atoms with Crippen molar-refractivity contribution < 1.29 is 24.4 Å². The molecule has 1 aromatic rings. The maximum atomic E-state index is 12.2. The third-order valence-corrected chi connectivity index (χ3v) is 5.62. The lowest BCUT2D eigenvalue weighted by Crippen LogP contribution is -2.53. The minimum atomic E-state index is -1.13. The van der Waals surface area contributed by atoms with Gasteiger partial charge in [-0.3, -0.25) is 10.1 Å². The number of ether oxygens (including phenoxy) is 1. The fraction of sp³-hybridized carbons (Fsp3) is 0.619. The molecule has 0 bridgehead atoms. The van der Waals surface area contributed by atoms with Gasteiger partial charge in [0.05, 0.1) is 11.0 Å². The summed E-state index contributed by atoms with van der Waals surface area (Å²) >= 11 is 0. The fourth-order valence-corrected chi connectivity index (χ4v) is 4.53. The van der Waals surface area contributed by atoms with Crippen LogP contribution in [-0.2, 0) is 0 Å². The molecule has 9 nitrogen and oxygen atoms in total. The Hall–Kier alpha value is -2.84. The zero-order valence-corrected chi connectivity index (χ0v) is 17.7. The number of nitrogens with one attached hydrogen (secondary N) is 2. The van der Waals surface area contributed by atoms with E-state index in [1.54, 1.807) is 0 Å². The number of carbonyl (C=O) groups is 2. The SMILES string of the molecule is CC(C)(C)[C@H](C1CCCCC1)C(CNC(=O)Oc1ccc([N+](=O)[O-])cc1)NC(=O)O. The Morgan fingerprint density at radius 1 is 1.20 bits per heavy atom. The van der Waals surface area contributed by atoms with E-state index >= 15 is 0 Å². The fourth-order valence-electron chi connectivity index (χ4n) is 4.53. The first-order valence-corrected chi connectivity index (χ1v) is 10.3. The Morgan fingerprint density at radius 2 is 1.80 bits per heavy atom. The summed E-state index contributed by atoms with van der Waals surface area (Å²) in [5.74, 6) is 0.595. The smallest absolute Gasteiger partial charge is 0.412 e. The van der Waals surface area contributed by atoms with Crippen LogP contribution >= 0.6 is 0 Å². The molecule has 0 spiro atoms. The van der Waals surface area contributed by atoms with Crippen molar-refractivity contribution in [2.45, 2.75) is 58.9 Å². The van der Waals surface area contributed by atoms with Crippen LogP contribution < -0.4 is 15.4 Å². The van der Waals surface area contributed by atoms with Crippen LogP contribution in [0.4, 0.5) is 15.3 Å². The van der Waals surface area contributed by atoms with Crippen molar-refractivity contribution in [1.29, 1.82) is 0 Å². The summed E-state index contributed by atoms with van der Waals surface area (Å²) in [4.78, 5) is 33.8. The quantitative estimate of drug-likeness (QED) is 0.437. The van der Waals surface area contributed by atoms with Gasteiger partial charge in [0.1, 0.15) is 5.75 Å². The highest BCUT2D eigenvalue weighted by Gasteiger charge is 2.39. The van der Waals surface area contributed by atoms with Crippen LogP contribution in [0.2, 0.25) is 0 Å². The predicted molar refractivity (Wildman–Crippen MR) is 112 cm³/mol. The maximum Gasteiger partial charge on any atom is 0.412 e. The minimum absolute atomic E-state index is 0.0496. The third kappa shape index (κ3) is 6.89. The molecule has 1 saturated carbocycles.